The molecule has 4 N–H and O–H groups in total. The number of nitrogens with zero attached hydrogens (tertiary/aromatic N) is 2. The number of rotatable bonds is 7. The monoisotopic (exact) mass is 384 g/mol. The van der Waals surface area contributed by atoms with Gasteiger partial charge >= 0.3 is 11.9 Å². The van der Waals surface area contributed by atoms with Crippen LogP contribution in [0.4, 0.5) is 0 Å². The largest absolute Gasteiger partial charge is 0.544 e. The molecule has 12 nitrogen and oxygen atoms in total. The topological polar surface area (TPSA) is 195 Å². The molecule has 0 aromatic heterocycles. The summed E-state index contributed by atoms with van der Waals surface area (Å²) in [6, 6.07) is 0. The first-order chi connectivity index (χ1) is 11.3. The Bertz CT molecular complexity index is 435. The number of aliphatic carboxylic acids is 4. The Kier molecular flexibility index (Phi) is 13.3. The van der Waals surface area contributed by atoms with E-state index in [-0.39, 0.29) is 13.1 Å². The molecule has 0 unspecified atom stereocenters. The second-order valence-corrected chi connectivity index (χ2v) is 7.21. The van der Waals surface area contributed by atoms with Crippen molar-refractivity contribution in [2.45, 2.75) is 12.2 Å². The lowest BCUT2D eigenvalue weighted by Gasteiger charge is -2.23. The molecule has 0 aromatic carbocycles. The zero-order valence-corrected chi connectivity index (χ0v) is 15.7. The highest BCUT2D eigenvalue weighted by Gasteiger charge is 2.29. The van der Waals surface area contributed by atoms with Crippen LogP contribution in [-0.2, 0) is 19.2 Å². The van der Waals surface area contributed by atoms with Crippen LogP contribution >= 0.6 is 0 Å². The van der Waals surface area contributed by atoms with Crippen molar-refractivity contribution >= 4 is 23.9 Å². The number of aliphatic hydroxyl groups excluding tert-OH is 2. The zero-order chi connectivity index (χ0) is 21.9. The van der Waals surface area contributed by atoms with Gasteiger partial charge in [0.1, 0.15) is 13.1 Å². The summed E-state index contributed by atoms with van der Waals surface area (Å²) >= 11 is 0. The van der Waals surface area contributed by atoms with E-state index in [1.54, 1.807) is 42.3 Å². The van der Waals surface area contributed by atoms with Crippen LogP contribution in [0.5, 0.6) is 0 Å². The van der Waals surface area contributed by atoms with Gasteiger partial charge in [-0.2, -0.15) is 0 Å². The van der Waals surface area contributed by atoms with Crippen molar-refractivity contribution in [1.82, 2.24) is 0 Å². The van der Waals surface area contributed by atoms with Gasteiger partial charge in [0.15, 0.2) is 12.2 Å². The van der Waals surface area contributed by atoms with Crippen LogP contribution in [-0.4, -0.2) is 121 Å². The molecule has 0 aliphatic rings. The molecular weight excluding hydrogens is 356 g/mol. The maximum Gasteiger partial charge on any atom is 0.335 e. The van der Waals surface area contributed by atoms with Crippen molar-refractivity contribution in [3.05, 3.63) is 0 Å². The van der Waals surface area contributed by atoms with Crippen LogP contribution in [0, 0.1) is 0 Å². The number of carbonyl (C=O) groups excluding carboxylic acids is 2. The van der Waals surface area contributed by atoms with E-state index in [9.17, 15) is 29.4 Å². The highest BCUT2D eigenvalue weighted by Crippen LogP contribution is 1.92. The van der Waals surface area contributed by atoms with Gasteiger partial charge in [-0.1, -0.05) is 0 Å². The molecule has 2 atom stereocenters. The second-order valence-electron chi connectivity index (χ2n) is 7.21. The number of likely N-dealkylation sites (N-methyl/N-ethyl adjacent to an activating group) is 2. The molecule has 0 radical (unpaired) electrons. The number of carboxylic acid groups (broad SMARTS) is 4. The molecule has 0 amide bonds. The summed E-state index contributed by atoms with van der Waals surface area (Å²) in [5, 5.41) is 52.3. The van der Waals surface area contributed by atoms with E-state index in [0.29, 0.717) is 8.97 Å². The fourth-order valence-electron chi connectivity index (χ4n) is 1.04. The predicted octanol–water partition coefficient (Wildman–Crippen LogP) is -5.24. The molecule has 0 bridgehead atoms. The number of hydrogen-bond acceptors (Lipinski definition) is 8. The van der Waals surface area contributed by atoms with Crippen LogP contribution in [0.1, 0.15) is 0 Å². The van der Waals surface area contributed by atoms with Crippen molar-refractivity contribution in [3.8, 4) is 0 Å². The summed E-state index contributed by atoms with van der Waals surface area (Å²) in [6.45, 7) is 0.139. The van der Waals surface area contributed by atoms with Crippen molar-refractivity contribution in [3.63, 3.8) is 0 Å². The fourth-order valence-corrected chi connectivity index (χ4v) is 1.04. The smallest absolute Gasteiger partial charge is 0.335 e. The van der Waals surface area contributed by atoms with Gasteiger partial charge in [-0.05, 0) is 0 Å². The maximum atomic E-state index is 9.89. The van der Waals surface area contributed by atoms with Crippen molar-refractivity contribution in [2.75, 3.05) is 55.4 Å². The van der Waals surface area contributed by atoms with Gasteiger partial charge in [0.2, 0.25) is 0 Å². The summed E-state index contributed by atoms with van der Waals surface area (Å²) in [5.74, 6) is -5.54. The first-order valence-corrected chi connectivity index (χ1v) is 7.12. The first-order valence-electron chi connectivity index (χ1n) is 7.12. The van der Waals surface area contributed by atoms with Gasteiger partial charge in [0.25, 0.3) is 0 Å². The average Bonchev–Trinajstić information content (AvgIpc) is 2.31. The van der Waals surface area contributed by atoms with Crippen molar-refractivity contribution < 1.29 is 58.8 Å². The predicted molar refractivity (Wildman–Crippen MR) is 83.1 cm³/mol. The Morgan fingerprint density at radius 1 is 0.692 bits per heavy atom. The lowest BCUT2D eigenvalue weighted by Crippen LogP contribution is -2.45. The minimum absolute atomic E-state index is 0.0694. The molecule has 0 spiro atoms. The molecule has 0 fully saturated rings. The summed E-state index contributed by atoms with van der Waals surface area (Å²) in [4.78, 5) is 39.3. The third-order valence-electron chi connectivity index (χ3n) is 2.01. The molecule has 0 aliphatic heterocycles. The molecule has 0 aromatic rings. The van der Waals surface area contributed by atoms with E-state index in [0.717, 1.165) is 0 Å². The van der Waals surface area contributed by atoms with Gasteiger partial charge in [-0.25, -0.2) is 9.59 Å². The molecule has 0 saturated heterocycles. The Morgan fingerprint density at radius 2 is 0.885 bits per heavy atom. The molecule has 26 heavy (non-hydrogen) atoms. The summed E-state index contributed by atoms with van der Waals surface area (Å²) in [7, 11) is 10.8. The minimum Gasteiger partial charge on any atom is -0.544 e. The SMILES string of the molecule is C[N+](C)(C)CC(=O)[O-].C[N+](C)(C)CC(=O)[O-].O=C(O)[C@H](O)[C@@H](O)C(=O)O. The van der Waals surface area contributed by atoms with Gasteiger partial charge in [-0.15, -0.1) is 0 Å². The molecule has 0 aliphatic carbocycles. The third-order valence-corrected chi connectivity index (χ3v) is 2.01. The van der Waals surface area contributed by atoms with E-state index in [4.69, 9.17) is 20.4 Å². The number of carboxylic acids is 4. The van der Waals surface area contributed by atoms with Crippen LogP contribution in [0.15, 0.2) is 0 Å². The molecule has 0 rings (SSSR count). The quantitative estimate of drug-likeness (QED) is 0.308. The standard InChI is InChI=1S/2C5H11NO2.C4H6O6/c2*1-6(2,3)4-5(7)8;5-1(3(7)8)2(6)4(9)10/h2*4H2,1-3H3;1-2,5-6H,(H,7,8)(H,9,10)/t;;1-,2-/m..1/s1. The maximum absolute atomic E-state index is 9.89. The Hall–Kier alpha value is -2.28. The van der Waals surface area contributed by atoms with Crippen LogP contribution in [0.25, 0.3) is 0 Å². The fraction of sp³-hybridized carbons (Fsp3) is 0.714. The highest BCUT2D eigenvalue weighted by molar-refractivity contribution is 5.83. The van der Waals surface area contributed by atoms with Crippen LogP contribution in [0.2, 0.25) is 0 Å². The van der Waals surface area contributed by atoms with Crippen molar-refractivity contribution in [1.29, 1.82) is 0 Å². The second kappa shape index (κ2) is 12.1. The lowest BCUT2D eigenvalue weighted by atomic mass is 10.2. The van der Waals surface area contributed by atoms with E-state index < -0.39 is 36.1 Å². The van der Waals surface area contributed by atoms with Gasteiger partial charge < -0.3 is 49.2 Å². The Labute approximate surface area is 151 Å². The molecule has 154 valence electrons. The lowest BCUT2D eigenvalue weighted by molar-refractivity contribution is -0.864. The van der Waals surface area contributed by atoms with E-state index in [2.05, 4.69) is 0 Å². The third kappa shape index (κ3) is 24.0. The van der Waals surface area contributed by atoms with E-state index >= 15 is 0 Å². The molecule has 0 saturated carbocycles. The highest BCUT2D eigenvalue weighted by atomic mass is 16.4. The summed E-state index contributed by atoms with van der Waals surface area (Å²) in [5.41, 5.74) is 0. The average molecular weight is 384 g/mol. The number of aliphatic hydroxyl groups is 2. The number of quaternary nitrogens is 2. The molecule has 12 heteroatoms. The molecule has 0 heterocycles. The first kappa shape index (κ1) is 28.5. The zero-order valence-electron chi connectivity index (χ0n) is 15.7. The van der Waals surface area contributed by atoms with Gasteiger partial charge in [-0.3, -0.25) is 0 Å². The van der Waals surface area contributed by atoms with Gasteiger partial charge in [0.05, 0.1) is 54.2 Å². The minimum atomic E-state index is -2.27. The van der Waals surface area contributed by atoms with E-state index in [1.807, 2.05) is 0 Å². The van der Waals surface area contributed by atoms with E-state index in [1.165, 1.54) is 0 Å². The van der Waals surface area contributed by atoms with Crippen molar-refractivity contribution in [2.24, 2.45) is 0 Å². The van der Waals surface area contributed by atoms with Crippen LogP contribution in [0.3, 0.4) is 0 Å². The van der Waals surface area contributed by atoms with Gasteiger partial charge in [0, 0.05) is 0 Å². The normalized spacial score (nSPS) is 13.1. The van der Waals surface area contributed by atoms with Crippen LogP contribution < -0.4 is 10.2 Å². The summed E-state index contributed by atoms with van der Waals surface area (Å²) < 4.78 is 0.838. The Morgan fingerprint density at radius 3 is 0.923 bits per heavy atom. The Balaban J connectivity index is -0.000000308. The number of carbonyl (C=O) groups is 4. The summed E-state index contributed by atoms with van der Waals surface area (Å²) in [6.07, 6.45) is -4.53. The number of hydrogen-bond donors (Lipinski definition) is 4. The molecular formula is C14H28N2O10.